The maximum atomic E-state index is 12.0. The summed E-state index contributed by atoms with van der Waals surface area (Å²) >= 11 is 0. The fourth-order valence-corrected chi connectivity index (χ4v) is 7.64. The van der Waals surface area contributed by atoms with Crippen LogP contribution in [0.25, 0.3) is 0 Å². The molecule has 1 N–H and O–H groups in total. The summed E-state index contributed by atoms with van der Waals surface area (Å²) in [6, 6.07) is 0. The van der Waals surface area contributed by atoms with Gasteiger partial charge in [-0.1, -0.05) is 13.8 Å². The van der Waals surface area contributed by atoms with Crippen molar-refractivity contribution in [2.24, 2.45) is 28.6 Å². The second-order valence-corrected chi connectivity index (χ2v) is 10.8. The molecular formula is C25H36O7. The van der Waals surface area contributed by atoms with Crippen molar-refractivity contribution in [2.75, 3.05) is 0 Å². The molecule has 0 spiro atoms. The molecule has 0 aliphatic heterocycles. The van der Waals surface area contributed by atoms with Crippen molar-refractivity contribution in [1.82, 2.24) is 0 Å². The van der Waals surface area contributed by atoms with Crippen molar-refractivity contribution in [1.29, 1.82) is 0 Å². The monoisotopic (exact) mass is 448 g/mol. The van der Waals surface area contributed by atoms with Gasteiger partial charge in [-0.25, -0.2) is 0 Å². The average Bonchev–Trinajstić information content (AvgIpc) is 3.01. The second kappa shape index (κ2) is 8.15. The van der Waals surface area contributed by atoms with Gasteiger partial charge in [0, 0.05) is 32.1 Å². The van der Waals surface area contributed by atoms with Crippen molar-refractivity contribution < 1.29 is 33.7 Å². The van der Waals surface area contributed by atoms with Crippen molar-refractivity contribution in [3.63, 3.8) is 0 Å². The molecule has 0 aromatic rings. The number of esters is 3. The van der Waals surface area contributed by atoms with E-state index in [0.29, 0.717) is 6.42 Å². The summed E-state index contributed by atoms with van der Waals surface area (Å²) in [7, 11) is 0. The molecule has 0 heterocycles. The van der Waals surface area contributed by atoms with Gasteiger partial charge in [0.1, 0.15) is 24.4 Å². The van der Waals surface area contributed by atoms with Gasteiger partial charge in [-0.3, -0.25) is 14.4 Å². The lowest BCUT2D eigenvalue weighted by Crippen LogP contribution is -2.58. The number of carbonyl (C=O) groups excluding carboxylic acids is 3. The highest BCUT2D eigenvalue weighted by Gasteiger charge is 2.63. The van der Waals surface area contributed by atoms with Crippen molar-refractivity contribution in [3.8, 4) is 0 Å². The molecule has 0 aromatic carbocycles. The Bertz CT molecular complexity index is 834. The van der Waals surface area contributed by atoms with Crippen molar-refractivity contribution in [2.45, 2.75) is 97.6 Å². The van der Waals surface area contributed by atoms with E-state index in [1.165, 1.54) is 20.8 Å². The third-order valence-corrected chi connectivity index (χ3v) is 8.99. The molecule has 7 heteroatoms. The number of fused-ring (bicyclic) bond motifs is 5. The summed E-state index contributed by atoms with van der Waals surface area (Å²) in [4.78, 5) is 35.3. The normalized spacial score (nSPS) is 44.9. The smallest absolute Gasteiger partial charge is 0.303 e. The van der Waals surface area contributed by atoms with Crippen LogP contribution in [0, 0.1) is 28.6 Å². The summed E-state index contributed by atoms with van der Waals surface area (Å²) in [5.41, 5.74) is 0.430. The highest BCUT2D eigenvalue weighted by molar-refractivity contribution is 5.67. The molecule has 0 radical (unpaired) electrons. The number of hydrogen-bond donors (Lipinski definition) is 1. The Hall–Kier alpha value is -1.89. The van der Waals surface area contributed by atoms with Gasteiger partial charge in [-0.15, -0.1) is 0 Å². The Balaban J connectivity index is 1.72. The summed E-state index contributed by atoms with van der Waals surface area (Å²) in [6.45, 7) is 8.65. The molecular weight excluding hydrogens is 412 g/mol. The number of rotatable bonds is 3. The van der Waals surface area contributed by atoms with Gasteiger partial charge < -0.3 is 19.3 Å². The molecule has 4 unspecified atom stereocenters. The Kier molecular flexibility index (Phi) is 5.93. The average molecular weight is 449 g/mol. The summed E-state index contributed by atoms with van der Waals surface area (Å²) in [6.07, 6.45) is 4.88. The van der Waals surface area contributed by atoms with Crippen LogP contribution < -0.4 is 0 Å². The minimum atomic E-state index is -0.901. The first-order chi connectivity index (χ1) is 15.0. The van der Waals surface area contributed by atoms with E-state index in [1.54, 1.807) is 0 Å². The summed E-state index contributed by atoms with van der Waals surface area (Å²) in [5, 5.41) is 11.2. The van der Waals surface area contributed by atoms with Crippen LogP contribution in [-0.2, 0) is 28.6 Å². The largest absolute Gasteiger partial charge is 0.462 e. The quantitative estimate of drug-likeness (QED) is 0.402. The molecule has 0 saturated heterocycles. The topological polar surface area (TPSA) is 99.1 Å². The SMILES string of the molecule is CC(=O)OC1CC[C@@]2(C)C(=CC(OC(C)=O)[C@@H]3[C@H]2CC[C@]2(C)C(OC(C)=O)CC[C@@H]32)C1O. The van der Waals surface area contributed by atoms with Crippen LogP contribution in [0.5, 0.6) is 0 Å². The third kappa shape index (κ3) is 3.66. The van der Waals surface area contributed by atoms with E-state index >= 15 is 0 Å². The molecule has 7 nitrogen and oxygen atoms in total. The van der Waals surface area contributed by atoms with Gasteiger partial charge in [-0.2, -0.15) is 0 Å². The van der Waals surface area contributed by atoms with Crippen molar-refractivity contribution in [3.05, 3.63) is 11.6 Å². The molecule has 4 rings (SSSR count). The van der Waals surface area contributed by atoms with Crippen LogP contribution in [0.2, 0.25) is 0 Å². The minimum absolute atomic E-state index is 0.101. The van der Waals surface area contributed by atoms with Crippen LogP contribution in [0.1, 0.15) is 73.1 Å². The van der Waals surface area contributed by atoms with E-state index in [4.69, 9.17) is 14.2 Å². The molecule has 0 aromatic heterocycles. The molecule has 0 amide bonds. The predicted octanol–water partition coefficient (Wildman–Crippen LogP) is 3.33. The first-order valence-electron chi connectivity index (χ1n) is 11.9. The number of carbonyl (C=O) groups is 3. The zero-order chi connectivity index (χ0) is 23.4. The Morgan fingerprint density at radius 3 is 2.16 bits per heavy atom. The molecule has 4 aliphatic rings. The van der Waals surface area contributed by atoms with E-state index in [2.05, 4.69) is 13.8 Å². The molecule has 3 saturated carbocycles. The standard InChI is InChI=1S/C25H36O7/c1-13(26)30-19-9-11-24(4)17-8-10-25(5)16(6-7-21(25)32-15(3)28)22(17)20(31-14(2)27)12-18(24)23(19)29/h12,16-17,19-23,29H,6-11H2,1-5H3/t16-,17+,19?,20?,21?,22-,23?,24+,25-/m0/s1. The molecule has 9 atom stereocenters. The maximum Gasteiger partial charge on any atom is 0.303 e. The van der Waals surface area contributed by atoms with E-state index in [0.717, 1.165) is 37.7 Å². The lowest BCUT2D eigenvalue weighted by molar-refractivity contribution is -0.170. The molecule has 4 aliphatic carbocycles. The number of hydrogen-bond acceptors (Lipinski definition) is 7. The zero-order valence-corrected chi connectivity index (χ0v) is 19.8. The van der Waals surface area contributed by atoms with Gasteiger partial charge in [0.2, 0.25) is 0 Å². The van der Waals surface area contributed by atoms with E-state index < -0.39 is 24.3 Å². The molecule has 3 fully saturated rings. The third-order valence-electron chi connectivity index (χ3n) is 8.99. The highest BCUT2D eigenvalue weighted by Crippen LogP contribution is 2.65. The van der Waals surface area contributed by atoms with E-state index in [1.807, 2.05) is 6.08 Å². The summed E-state index contributed by atoms with van der Waals surface area (Å²) < 4.78 is 17.0. The number of ether oxygens (including phenoxy) is 3. The fraction of sp³-hybridized carbons (Fsp3) is 0.800. The lowest BCUT2D eigenvalue weighted by atomic mass is 9.47. The fourth-order valence-electron chi connectivity index (χ4n) is 7.64. The van der Waals surface area contributed by atoms with Gasteiger partial charge >= 0.3 is 17.9 Å². The number of aliphatic hydroxyl groups excluding tert-OH is 1. The first-order valence-corrected chi connectivity index (χ1v) is 11.9. The van der Waals surface area contributed by atoms with Crippen LogP contribution >= 0.6 is 0 Å². The van der Waals surface area contributed by atoms with Crippen LogP contribution in [0.4, 0.5) is 0 Å². The Labute approximate surface area is 189 Å². The van der Waals surface area contributed by atoms with Crippen LogP contribution in [0.15, 0.2) is 11.6 Å². The van der Waals surface area contributed by atoms with Crippen LogP contribution in [0.3, 0.4) is 0 Å². The van der Waals surface area contributed by atoms with E-state index in [9.17, 15) is 19.5 Å². The van der Waals surface area contributed by atoms with Gasteiger partial charge in [0.25, 0.3) is 0 Å². The van der Waals surface area contributed by atoms with Gasteiger partial charge in [-0.05, 0) is 67.4 Å². The van der Waals surface area contributed by atoms with E-state index in [-0.39, 0.29) is 46.6 Å². The molecule has 32 heavy (non-hydrogen) atoms. The minimum Gasteiger partial charge on any atom is -0.462 e. The predicted molar refractivity (Wildman–Crippen MR) is 115 cm³/mol. The zero-order valence-electron chi connectivity index (χ0n) is 19.8. The van der Waals surface area contributed by atoms with Gasteiger partial charge in [0.05, 0.1) is 0 Å². The lowest BCUT2D eigenvalue weighted by Gasteiger charge is -2.59. The van der Waals surface area contributed by atoms with Crippen molar-refractivity contribution >= 4 is 17.9 Å². The molecule has 178 valence electrons. The summed E-state index contributed by atoms with van der Waals surface area (Å²) in [5.74, 6) is -0.413. The van der Waals surface area contributed by atoms with Crippen LogP contribution in [-0.4, -0.2) is 47.4 Å². The highest BCUT2D eigenvalue weighted by atomic mass is 16.6. The first kappa shape index (κ1) is 23.3. The maximum absolute atomic E-state index is 12.0. The number of aliphatic hydroxyl groups is 1. The Morgan fingerprint density at radius 2 is 1.53 bits per heavy atom. The molecule has 0 bridgehead atoms. The Morgan fingerprint density at radius 1 is 0.875 bits per heavy atom. The van der Waals surface area contributed by atoms with Gasteiger partial charge in [0.15, 0.2) is 0 Å². The second-order valence-electron chi connectivity index (χ2n) is 10.8.